The number of piperidine rings is 3. The van der Waals surface area contributed by atoms with E-state index in [1.807, 2.05) is 60.7 Å². The zero-order valence-corrected chi connectivity index (χ0v) is 39.8. The number of esters is 1. The van der Waals surface area contributed by atoms with Gasteiger partial charge < -0.3 is 33.9 Å². The zero-order chi connectivity index (χ0) is 48.0. The van der Waals surface area contributed by atoms with E-state index in [0.717, 1.165) is 62.0 Å². The molecule has 1 aromatic heterocycles. The molecule has 0 spiro atoms. The Morgan fingerprint density at radius 3 is 2.28 bits per heavy atom. The molecule has 4 aliphatic heterocycles. The first-order chi connectivity index (χ1) is 33.4. The largest absolute Gasteiger partial charge is 0.489 e. The number of ether oxygens (including phenoxy) is 5. The van der Waals surface area contributed by atoms with Crippen molar-refractivity contribution in [3.63, 3.8) is 0 Å². The van der Waals surface area contributed by atoms with Crippen molar-refractivity contribution < 1.29 is 51.4 Å². The summed E-state index contributed by atoms with van der Waals surface area (Å²) < 4.78 is 57.9. The van der Waals surface area contributed by atoms with Crippen LogP contribution in [0, 0.1) is 11.8 Å². The van der Waals surface area contributed by atoms with Crippen LogP contribution in [0.1, 0.15) is 88.8 Å². The van der Waals surface area contributed by atoms with Crippen molar-refractivity contribution in [3.05, 3.63) is 153 Å². The number of aryl methyl sites for hydroxylation is 1. The number of hydrogen-bond donors (Lipinski definition) is 1. The molecule has 69 heavy (non-hydrogen) atoms. The topological polar surface area (TPSA) is 120 Å². The number of rotatable bonds is 18. The van der Waals surface area contributed by atoms with E-state index in [1.54, 1.807) is 54.3 Å². The molecule has 4 saturated heterocycles. The third-order valence-corrected chi connectivity index (χ3v) is 14.0. The molecule has 4 atom stereocenters. The molecule has 1 saturated carbocycles. The molecule has 0 unspecified atom stereocenters. The van der Waals surface area contributed by atoms with E-state index in [9.17, 15) is 23.2 Å². The summed E-state index contributed by atoms with van der Waals surface area (Å²) in [7, 11) is 1.78. The Labute approximate surface area is 410 Å². The maximum absolute atomic E-state index is 14.3. The number of likely N-dealkylation sites (tertiary alicyclic amines) is 1. The first-order valence-corrected chi connectivity index (χ1v) is 24.3. The van der Waals surface area contributed by atoms with E-state index in [-0.39, 0.29) is 36.5 Å². The highest BCUT2D eigenvalue weighted by molar-refractivity contribution is 6.35. The van der Waals surface area contributed by atoms with Crippen molar-refractivity contribution in [1.82, 2.24) is 15.1 Å². The minimum Gasteiger partial charge on any atom is -0.489 e. The maximum Gasteiger partial charge on any atom is 0.408 e. The normalized spacial score (nSPS) is 20.5. The minimum absolute atomic E-state index is 0.0444. The molecule has 10 rings (SSSR count). The second-order valence-electron chi connectivity index (χ2n) is 18.4. The second kappa shape index (κ2) is 21.8. The predicted molar refractivity (Wildman–Crippen MR) is 254 cm³/mol. The number of benzene rings is 4. The lowest BCUT2D eigenvalue weighted by Crippen LogP contribution is -2.52. The molecule has 0 radical (unpaired) electrons. The van der Waals surface area contributed by atoms with E-state index in [4.69, 9.17) is 46.9 Å². The van der Waals surface area contributed by atoms with Crippen LogP contribution in [-0.2, 0) is 34.3 Å². The number of carbonyl (C=O) groups excluding carboxylic acids is 3. The summed E-state index contributed by atoms with van der Waals surface area (Å²) in [4.78, 5) is 45.8. The van der Waals surface area contributed by atoms with Gasteiger partial charge in [0, 0.05) is 30.6 Å². The molecule has 2 bridgehead atoms. The van der Waals surface area contributed by atoms with Crippen LogP contribution in [0.5, 0.6) is 17.2 Å². The predicted octanol–water partition coefficient (Wildman–Crippen LogP) is 9.83. The number of nitrogens with one attached hydrogen (secondary N) is 1. The number of pyridine rings is 1. The second-order valence-corrected chi connectivity index (χ2v) is 19.2. The van der Waals surface area contributed by atoms with Crippen LogP contribution in [0.2, 0.25) is 10.0 Å². The van der Waals surface area contributed by atoms with E-state index in [2.05, 4.69) is 10.2 Å². The monoisotopic (exact) mass is 983 g/mol. The van der Waals surface area contributed by atoms with Crippen molar-refractivity contribution >= 4 is 41.2 Å². The zero-order valence-electron chi connectivity index (χ0n) is 38.2. The summed E-state index contributed by atoms with van der Waals surface area (Å²) in [6.07, 6.45) is 6.77. The highest BCUT2D eigenvalue weighted by Gasteiger charge is 2.39. The summed E-state index contributed by atoms with van der Waals surface area (Å²) in [6.45, 7) is 0.572. The maximum atomic E-state index is 14.3. The van der Waals surface area contributed by atoms with Gasteiger partial charge in [0.05, 0.1) is 12.6 Å². The summed E-state index contributed by atoms with van der Waals surface area (Å²) in [5.74, 6) is 0.242. The molecule has 5 heterocycles. The van der Waals surface area contributed by atoms with Gasteiger partial charge in [0.15, 0.2) is 23.9 Å². The number of aromatic nitrogens is 1. The van der Waals surface area contributed by atoms with E-state index >= 15 is 0 Å². The molecule has 1 aliphatic carbocycles. The molecule has 12 nitrogen and oxygen atoms in total. The van der Waals surface area contributed by atoms with Gasteiger partial charge in [-0.2, -0.15) is 8.78 Å². The lowest BCUT2D eigenvalue weighted by Gasteiger charge is -2.43. The van der Waals surface area contributed by atoms with E-state index in [0.29, 0.717) is 70.3 Å². The number of alkyl carbamates (subject to hydrolysis) is 1. The number of nitrogens with zero attached hydrogens (tertiary/aromatic N) is 3. The standard InChI is InChI=1S/C53H54Cl2F2N4O8/c1-59-28-42(54)41(43(55)29-59)27-46(37-17-18-45(68-52(56)57)47(26-37)66-31-33-15-16-33)67-51(63)44-14-7-21-61(44)50(62)39-12-5-8-34(24-39)32-65-40-13-6-11-38(25-40)49(36-9-3-2-4-10-36)58-53(64)69-48-30-60-22-19-35(48)20-23-60/h2-6,8-13,17-18,24-26,28-29,33,35,44,46,48-49,52H,7,14-16,19-23,27,30-32H2,1H3/p+1/t44-,46-,48-,49-/m0/s1. The average Bonchev–Trinajstić information content (AvgIpc) is 4.05. The van der Waals surface area contributed by atoms with Crippen LogP contribution in [0.4, 0.5) is 13.6 Å². The van der Waals surface area contributed by atoms with Gasteiger partial charge in [-0.05, 0) is 122 Å². The fraction of sp³-hybridized carbons (Fsp3) is 0.396. The van der Waals surface area contributed by atoms with Crippen molar-refractivity contribution in [3.8, 4) is 17.2 Å². The third-order valence-electron chi connectivity index (χ3n) is 13.4. The fourth-order valence-corrected chi connectivity index (χ4v) is 10.2. The van der Waals surface area contributed by atoms with Gasteiger partial charge in [-0.1, -0.05) is 83.9 Å². The van der Waals surface area contributed by atoms with Crippen LogP contribution >= 0.6 is 23.2 Å². The Morgan fingerprint density at radius 1 is 0.797 bits per heavy atom. The molecule has 1 N–H and O–H groups in total. The van der Waals surface area contributed by atoms with Crippen molar-refractivity contribution in [2.45, 2.75) is 82.5 Å². The number of halogens is 4. The van der Waals surface area contributed by atoms with E-state index in [1.165, 1.54) is 11.0 Å². The Morgan fingerprint density at radius 2 is 1.55 bits per heavy atom. The lowest BCUT2D eigenvalue weighted by molar-refractivity contribution is -0.671. The quantitative estimate of drug-likeness (QED) is 0.0676. The van der Waals surface area contributed by atoms with Crippen molar-refractivity contribution in [2.75, 3.05) is 32.8 Å². The Bertz CT molecular complexity index is 2610. The molecular formula is C53H55Cl2F2N4O8+. The number of carbonyl (C=O) groups is 3. The smallest absolute Gasteiger partial charge is 0.408 e. The molecule has 5 aromatic rings. The van der Waals surface area contributed by atoms with E-state index < -0.39 is 36.9 Å². The molecule has 16 heteroatoms. The lowest BCUT2D eigenvalue weighted by atomic mass is 9.86. The Hall–Kier alpha value is -5.96. The van der Waals surface area contributed by atoms with Gasteiger partial charge in [0.2, 0.25) is 0 Å². The molecule has 362 valence electrons. The number of hydrogen-bond acceptors (Lipinski definition) is 9. The molecule has 2 amide bonds. The summed E-state index contributed by atoms with van der Waals surface area (Å²) in [5.41, 5.74) is 3.77. The average molecular weight is 985 g/mol. The van der Waals surface area contributed by atoms with Crippen LogP contribution < -0.4 is 24.1 Å². The van der Waals surface area contributed by atoms with Gasteiger partial charge in [0.1, 0.15) is 47.7 Å². The van der Waals surface area contributed by atoms with Crippen LogP contribution in [0.15, 0.2) is 109 Å². The molecule has 4 aromatic carbocycles. The number of alkyl halides is 2. The van der Waals surface area contributed by atoms with Gasteiger partial charge in [-0.15, -0.1) is 0 Å². The van der Waals surface area contributed by atoms with Gasteiger partial charge in [0.25, 0.3) is 5.91 Å². The fourth-order valence-electron chi connectivity index (χ4n) is 9.52. The number of fused-ring (bicyclic) bond motifs is 3. The SMILES string of the molecule is C[n+]1cc(Cl)c(C[C@H](OC(=O)[C@@H]2CCCN2C(=O)c2cccc(COc3cccc([C@@H](NC(=O)O[C@H]4CN5CCC4CC5)c4ccccc4)c3)c2)c2ccc(OC(F)F)c(OCC3CC3)c2)c(Cl)c1. The van der Waals surface area contributed by atoms with Gasteiger partial charge in [-0.3, -0.25) is 9.69 Å². The van der Waals surface area contributed by atoms with Crippen LogP contribution in [0.3, 0.4) is 0 Å². The Kier molecular flexibility index (Phi) is 15.2. The highest BCUT2D eigenvalue weighted by atomic mass is 35.5. The van der Waals surface area contributed by atoms with Crippen molar-refractivity contribution in [1.29, 1.82) is 0 Å². The Balaban J connectivity index is 0.883. The third kappa shape index (κ3) is 12.1. The summed E-state index contributed by atoms with van der Waals surface area (Å²) in [5, 5.41) is 3.80. The summed E-state index contributed by atoms with van der Waals surface area (Å²) in [6, 6.07) is 27.4. The molecule has 5 aliphatic rings. The first kappa shape index (κ1) is 48.1. The first-order valence-electron chi connectivity index (χ1n) is 23.6. The minimum atomic E-state index is -3.08. The number of amides is 2. The highest BCUT2D eigenvalue weighted by Crippen LogP contribution is 2.39. The molecular weight excluding hydrogens is 930 g/mol. The molecule has 5 fully saturated rings. The van der Waals surface area contributed by atoms with Gasteiger partial charge >= 0.3 is 18.7 Å². The van der Waals surface area contributed by atoms with Crippen molar-refractivity contribution in [2.24, 2.45) is 18.9 Å². The van der Waals surface area contributed by atoms with Crippen LogP contribution in [0.25, 0.3) is 0 Å². The summed E-state index contributed by atoms with van der Waals surface area (Å²) >= 11 is 13.4. The van der Waals surface area contributed by atoms with Crippen LogP contribution in [-0.4, -0.2) is 79.3 Å². The van der Waals surface area contributed by atoms with Gasteiger partial charge in [-0.25, -0.2) is 14.2 Å².